The number of rotatable bonds is 5. The van der Waals surface area contributed by atoms with Gasteiger partial charge in [-0.1, -0.05) is 11.4 Å². The van der Waals surface area contributed by atoms with Crippen LogP contribution in [0, 0.1) is 0 Å². The molecular weight excluding hydrogens is 234 g/mol. The van der Waals surface area contributed by atoms with Gasteiger partial charge in [0.25, 0.3) is 5.91 Å². The van der Waals surface area contributed by atoms with Gasteiger partial charge in [0.1, 0.15) is 4.88 Å². The van der Waals surface area contributed by atoms with Crippen LogP contribution in [0.1, 0.15) is 35.6 Å². The summed E-state index contributed by atoms with van der Waals surface area (Å²) in [5.74, 6) is -0.0980. The third-order valence-corrected chi connectivity index (χ3v) is 2.91. The smallest absolute Gasteiger partial charge is 0.264 e. The van der Waals surface area contributed by atoms with Crippen LogP contribution in [0.2, 0.25) is 0 Å². The SMILES string of the molecule is CCc1nnsc1C(=O)NCCC(C)Cl. The Labute approximate surface area is 98.2 Å². The zero-order chi connectivity index (χ0) is 11.3. The van der Waals surface area contributed by atoms with Crippen LogP contribution in [0.3, 0.4) is 0 Å². The molecule has 0 aromatic carbocycles. The number of amides is 1. The van der Waals surface area contributed by atoms with Gasteiger partial charge in [-0.25, -0.2) is 0 Å². The molecule has 15 heavy (non-hydrogen) atoms. The van der Waals surface area contributed by atoms with Crippen LogP contribution in [0.5, 0.6) is 0 Å². The summed E-state index contributed by atoms with van der Waals surface area (Å²) >= 11 is 6.91. The summed E-state index contributed by atoms with van der Waals surface area (Å²) in [4.78, 5) is 12.3. The van der Waals surface area contributed by atoms with Crippen molar-refractivity contribution in [1.29, 1.82) is 0 Å². The van der Waals surface area contributed by atoms with Gasteiger partial charge in [0.15, 0.2) is 0 Å². The van der Waals surface area contributed by atoms with Gasteiger partial charge in [-0.2, -0.15) is 0 Å². The average Bonchev–Trinajstić information content (AvgIpc) is 2.64. The molecule has 0 radical (unpaired) electrons. The van der Waals surface area contributed by atoms with E-state index >= 15 is 0 Å². The number of carbonyl (C=O) groups is 1. The lowest BCUT2D eigenvalue weighted by Crippen LogP contribution is -2.25. The van der Waals surface area contributed by atoms with E-state index in [0.29, 0.717) is 11.4 Å². The Hall–Kier alpha value is -0.680. The summed E-state index contributed by atoms with van der Waals surface area (Å²) in [5, 5.41) is 6.76. The molecule has 1 atom stereocenters. The highest BCUT2D eigenvalue weighted by atomic mass is 35.5. The molecule has 1 aromatic heterocycles. The average molecular weight is 248 g/mol. The van der Waals surface area contributed by atoms with Gasteiger partial charge in [0.2, 0.25) is 0 Å². The van der Waals surface area contributed by atoms with Crippen LogP contribution < -0.4 is 5.32 Å². The van der Waals surface area contributed by atoms with Crippen LogP contribution in [0.15, 0.2) is 0 Å². The molecule has 0 aliphatic heterocycles. The second-order valence-electron chi connectivity index (χ2n) is 3.23. The standard InChI is InChI=1S/C9H14ClN3OS/c1-3-7-8(15-13-12-7)9(14)11-5-4-6(2)10/h6H,3-5H2,1-2H3,(H,11,14). The summed E-state index contributed by atoms with van der Waals surface area (Å²) in [6.45, 7) is 4.44. The largest absolute Gasteiger partial charge is 0.351 e. The van der Waals surface area contributed by atoms with Gasteiger partial charge in [0.05, 0.1) is 5.69 Å². The summed E-state index contributed by atoms with van der Waals surface area (Å²) < 4.78 is 3.76. The van der Waals surface area contributed by atoms with Crippen molar-refractivity contribution < 1.29 is 4.79 Å². The van der Waals surface area contributed by atoms with Crippen LogP contribution >= 0.6 is 23.1 Å². The lowest BCUT2D eigenvalue weighted by Gasteiger charge is -2.04. The minimum Gasteiger partial charge on any atom is -0.351 e. The van der Waals surface area contributed by atoms with Crippen molar-refractivity contribution in [1.82, 2.24) is 14.9 Å². The first kappa shape index (κ1) is 12.4. The maximum Gasteiger partial charge on any atom is 0.264 e. The van der Waals surface area contributed by atoms with Crippen molar-refractivity contribution >= 4 is 29.0 Å². The van der Waals surface area contributed by atoms with E-state index in [1.165, 1.54) is 0 Å². The Kier molecular flexibility index (Phi) is 4.98. The first-order valence-corrected chi connectivity index (χ1v) is 6.09. The van der Waals surface area contributed by atoms with E-state index < -0.39 is 0 Å². The summed E-state index contributed by atoms with van der Waals surface area (Å²) in [6, 6.07) is 0. The summed E-state index contributed by atoms with van der Waals surface area (Å²) in [7, 11) is 0. The van der Waals surface area contributed by atoms with Crippen molar-refractivity contribution in [3.63, 3.8) is 0 Å². The highest BCUT2D eigenvalue weighted by Gasteiger charge is 2.14. The van der Waals surface area contributed by atoms with E-state index in [1.54, 1.807) is 0 Å². The zero-order valence-electron chi connectivity index (χ0n) is 8.79. The molecule has 6 heteroatoms. The van der Waals surface area contributed by atoms with Crippen molar-refractivity contribution in [3.05, 3.63) is 10.6 Å². The fourth-order valence-electron chi connectivity index (χ4n) is 1.08. The summed E-state index contributed by atoms with van der Waals surface area (Å²) in [6.07, 6.45) is 1.49. The molecule has 1 unspecified atom stereocenters. The number of nitrogens with one attached hydrogen (secondary N) is 1. The molecule has 1 N–H and O–H groups in total. The normalized spacial score (nSPS) is 12.5. The molecule has 0 bridgehead atoms. The molecule has 0 aliphatic rings. The molecule has 84 valence electrons. The van der Waals surface area contributed by atoms with Crippen LogP contribution in [0.4, 0.5) is 0 Å². The molecule has 1 aromatic rings. The molecule has 1 heterocycles. The van der Waals surface area contributed by atoms with Gasteiger partial charge in [-0.3, -0.25) is 4.79 Å². The number of hydrogen-bond donors (Lipinski definition) is 1. The van der Waals surface area contributed by atoms with Gasteiger partial charge in [-0.05, 0) is 31.3 Å². The lowest BCUT2D eigenvalue weighted by atomic mass is 10.3. The minimum absolute atomic E-state index is 0.0792. The number of hydrogen-bond acceptors (Lipinski definition) is 4. The van der Waals surface area contributed by atoms with Crippen LogP contribution in [-0.2, 0) is 6.42 Å². The number of aryl methyl sites for hydroxylation is 1. The molecule has 0 fully saturated rings. The Morgan fingerprint density at radius 2 is 2.40 bits per heavy atom. The van der Waals surface area contributed by atoms with E-state index in [1.807, 2.05) is 13.8 Å². The van der Waals surface area contributed by atoms with E-state index in [9.17, 15) is 4.79 Å². The monoisotopic (exact) mass is 247 g/mol. The number of halogens is 1. The van der Waals surface area contributed by atoms with E-state index in [2.05, 4.69) is 14.9 Å². The van der Waals surface area contributed by atoms with E-state index in [4.69, 9.17) is 11.6 Å². The van der Waals surface area contributed by atoms with Gasteiger partial charge in [-0.15, -0.1) is 16.7 Å². The Bertz CT molecular complexity index is 327. The fourth-order valence-corrected chi connectivity index (χ4v) is 1.85. The van der Waals surface area contributed by atoms with Gasteiger partial charge < -0.3 is 5.32 Å². The first-order valence-electron chi connectivity index (χ1n) is 4.88. The van der Waals surface area contributed by atoms with E-state index in [0.717, 1.165) is 30.1 Å². The minimum atomic E-state index is -0.0980. The molecule has 1 rings (SSSR count). The maximum atomic E-state index is 11.6. The molecule has 4 nitrogen and oxygen atoms in total. The van der Waals surface area contributed by atoms with Gasteiger partial charge in [0, 0.05) is 11.9 Å². The quantitative estimate of drug-likeness (QED) is 0.808. The molecular formula is C9H14ClN3OS. The maximum absolute atomic E-state index is 11.6. The predicted octanol–water partition coefficient (Wildman–Crippen LogP) is 1.85. The van der Waals surface area contributed by atoms with Crippen molar-refractivity contribution in [3.8, 4) is 0 Å². The van der Waals surface area contributed by atoms with Crippen LogP contribution in [-0.4, -0.2) is 27.4 Å². The highest BCUT2D eigenvalue weighted by molar-refractivity contribution is 7.08. The molecule has 0 aliphatic carbocycles. The van der Waals surface area contributed by atoms with Crippen molar-refractivity contribution in [2.45, 2.75) is 32.1 Å². The van der Waals surface area contributed by atoms with Crippen molar-refractivity contribution in [2.75, 3.05) is 6.54 Å². The Balaban J connectivity index is 2.47. The molecule has 1 amide bonds. The second-order valence-corrected chi connectivity index (χ2v) is 4.73. The van der Waals surface area contributed by atoms with Crippen molar-refractivity contribution in [2.24, 2.45) is 0 Å². The third kappa shape index (κ3) is 3.76. The number of aromatic nitrogens is 2. The van der Waals surface area contributed by atoms with Crippen LogP contribution in [0.25, 0.3) is 0 Å². The number of carbonyl (C=O) groups excluding carboxylic acids is 1. The lowest BCUT2D eigenvalue weighted by molar-refractivity contribution is 0.0956. The first-order chi connectivity index (χ1) is 7.15. The van der Waals surface area contributed by atoms with E-state index in [-0.39, 0.29) is 11.3 Å². The zero-order valence-corrected chi connectivity index (χ0v) is 10.4. The predicted molar refractivity (Wildman–Crippen MR) is 61.6 cm³/mol. The van der Waals surface area contributed by atoms with Gasteiger partial charge >= 0.3 is 0 Å². The fraction of sp³-hybridized carbons (Fsp3) is 0.667. The number of nitrogens with zero attached hydrogens (tertiary/aromatic N) is 2. The number of alkyl halides is 1. The third-order valence-electron chi connectivity index (χ3n) is 1.92. The molecule has 0 saturated carbocycles. The second kappa shape index (κ2) is 6.02. The Morgan fingerprint density at radius 3 is 3.00 bits per heavy atom. The highest BCUT2D eigenvalue weighted by Crippen LogP contribution is 2.10. The summed E-state index contributed by atoms with van der Waals surface area (Å²) in [5.41, 5.74) is 0.761. The molecule has 0 saturated heterocycles. The topological polar surface area (TPSA) is 54.9 Å². The Morgan fingerprint density at radius 1 is 1.67 bits per heavy atom. The molecule has 0 spiro atoms.